The number of halogens is 4. The van der Waals surface area contributed by atoms with Crippen LogP contribution in [0.4, 0.5) is 8.78 Å². The fraction of sp³-hybridized carbons (Fsp3) is 0.250. The monoisotopic (exact) mass is 283 g/mol. The van der Waals surface area contributed by atoms with Crippen LogP contribution in [-0.2, 0) is 5.33 Å². The van der Waals surface area contributed by atoms with Crippen molar-refractivity contribution < 1.29 is 13.6 Å². The van der Waals surface area contributed by atoms with Crippen molar-refractivity contribution in [3.05, 3.63) is 29.1 Å². The topological polar surface area (TPSA) is 30.0 Å². The number of rotatable bonds is 3. The normalized spacial score (nSPS) is 10.6. The molecule has 2 nitrogen and oxygen atoms in total. The van der Waals surface area contributed by atoms with Crippen molar-refractivity contribution in [1.82, 2.24) is 4.98 Å². The average Bonchev–Trinajstić information content (AvgIpc) is 2.16. The van der Waals surface area contributed by atoms with E-state index in [4.69, 9.17) is 11.6 Å². The van der Waals surface area contributed by atoms with Gasteiger partial charge in [-0.1, -0.05) is 15.9 Å². The van der Waals surface area contributed by atoms with Crippen LogP contribution < -0.4 is 0 Å². The van der Waals surface area contributed by atoms with Gasteiger partial charge in [0.15, 0.2) is 0 Å². The van der Waals surface area contributed by atoms with Crippen molar-refractivity contribution in [3.8, 4) is 0 Å². The number of hydrogen-bond acceptors (Lipinski definition) is 2. The number of aromatic nitrogens is 1. The minimum absolute atomic E-state index is 0.160. The van der Waals surface area contributed by atoms with E-state index in [2.05, 4.69) is 20.9 Å². The minimum Gasteiger partial charge on any atom is -0.274 e. The third-order valence-corrected chi connectivity index (χ3v) is 2.40. The second-order valence-corrected chi connectivity index (χ2v) is 3.38. The van der Waals surface area contributed by atoms with Gasteiger partial charge in [-0.3, -0.25) is 9.78 Å². The van der Waals surface area contributed by atoms with E-state index < -0.39 is 11.7 Å². The van der Waals surface area contributed by atoms with Crippen molar-refractivity contribution >= 4 is 32.8 Å². The van der Waals surface area contributed by atoms with E-state index in [-0.39, 0.29) is 16.6 Å². The lowest BCUT2D eigenvalue weighted by Gasteiger charge is -2.06. The van der Waals surface area contributed by atoms with E-state index in [0.717, 1.165) is 6.07 Å². The van der Waals surface area contributed by atoms with Crippen LogP contribution >= 0.6 is 27.5 Å². The quantitative estimate of drug-likeness (QED) is 0.630. The van der Waals surface area contributed by atoms with Gasteiger partial charge >= 0.3 is 0 Å². The first-order chi connectivity index (χ1) is 6.56. The molecule has 0 radical (unpaired) electrons. The summed E-state index contributed by atoms with van der Waals surface area (Å²) in [6.07, 6.45) is -1.42. The SMILES string of the molecule is O=C(Cl)c1cc(C(F)F)c(CBr)cn1. The van der Waals surface area contributed by atoms with Gasteiger partial charge in [0, 0.05) is 17.1 Å². The van der Waals surface area contributed by atoms with Gasteiger partial charge in [-0.25, -0.2) is 8.78 Å². The number of carbonyl (C=O) groups excluding carboxylic acids is 1. The molecule has 0 aliphatic carbocycles. The highest BCUT2D eigenvalue weighted by molar-refractivity contribution is 9.08. The summed E-state index contributed by atoms with van der Waals surface area (Å²) in [5.74, 6) is 0. The third kappa shape index (κ3) is 2.48. The summed E-state index contributed by atoms with van der Waals surface area (Å²) in [5, 5.41) is -0.579. The zero-order valence-corrected chi connectivity index (χ0v) is 9.15. The van der Waals surface area contributed by atoms with Gasteiger partial charge in [0.1, 0.15) is 5.69 Å². The van der Waals surface area contributed by atoms with Crippen LogP contribution in [0, 0.1) is 0 Å². The minimum atomic E-state index is -2.64. The molecule has 0 aliphatic rings. The maximum atomic E-state index is 12.5. The number of nitrogens with zero attached hydrogens (tertiary/aromatic N) is 1. The van der Waals surface area contributed by atoms with Crippen LogP contribution in [0.5, 0.6) is 0 Å². The molecule has 0 saturated carbocycles. The van der Waals surface area contributed by atoms with Crippen LogP contribution in [0.2, 0.25) is 0 Å². The Hall–Kier alpha value is -0.550. The zero-order chi connectivity index (χ0) is 10.7. The van der Waals surface area contributed by atoms with Crippen molar-refractivity contribution in [2.45, 2.75) is 11.8 Å². The molecule has 0 amide bonds. The molecule has 0 aromatic carbocycles. The van der Waals surface area contributed by atoms with E-state index in [1.54, 1.807) is 0 Å². The first-order valence-electron chi connectivity index (χ1n) is 3.59. The van der Waals surface area contributed by atoms with Crippen LogP contribution in [-0.4, -0.2) is 10.2 Å². The summed E-state index contributed by atoms with van der Waals surface area (Å²) in [6.45, 7) is 0. The molecule has 1 aromatic rings. The highest BCUT2D eigenvalue weighted by atomic mass is 79.9. The Kier molecular flexibility index (Phi) is 3.95. The maximum Gasteiger partial charge on any atom is 0.270 e. The number of hydrogen-bond donors (Lipinski definition) is 0. The summed E-state index contributed by atoms with van der Waals surface area (Å²) >= 11 is 8.16. The number of alkyl halides is 3. The number of pyridine rings is 1. The molecule has 0 aliphatic heterocycles. The molecule has 0 saturated heterocycles. The molecule has 0 N–H and O–H groups in total. The van der Waals surface area contributed by atoms with Gasteiger partial charge in [0.2, 0.25) is 0 Å². The lowest BCUT2D eigenvalue weighted by molar-refractivity contribution is 0.107. The van der Waals surface area contributed by atoms with Gasteiger partial charge in [-0.05, 0) is 23.2 Å². The lowest BCUT2D eigenvalue weighted by atomic mass is 10.1. The lowest BCUT2D eigenvalue weighted by Crippen LogP contribution is -2.00. The van der Waals surface area contributed by atoms with Gasteiger partial charge in [-0.15, -0.1) is 0 Å². The van der Waals surface area contributed by atoms with Gasteiger partial charge < -0.3 is 0 Å². The van der Waals surface area contributed by atoms with Crippen molar-refractivity contribution in [1.29, 1.82) is 0 Å². The molecule has 1 aromatic heterocycles. The second kappa shape index (κ2) is 4.79. The van der Waals surface area contributed by atoms with Crippen molar-refractivity contribution in [2.75, 3.05) is 0 Å². The summed E-state index contributed by atoms with van der Waals surface area (Å²) in [5.41, 5.74) is -0.0331. The smallest absolute Gasteiger partial charge is 0.270 e. The van der Waals surface area contributed by atoms with Gasteiger partial charge in [0.25, 0.3) is 11.7 Å². The second-order valence-electron chi connectivity index (χ2n) is 2.48. The third-order valence-electron chi connectivity index (χ3n) is 1.60. The summed E-state index contributed by atoms with van der Waals surface area (Å²) in [4.78, 5) is 14.3. The van der Waals surface area contributed by atoms with Crippen LogP contribution in [0.1, 0.15) is 28.0 Å². The Morgan fingerprint density at radius 2 is 2.29 bits per heavy atom. The van der Waals surface area contributed by atoms with Crippen LogP contribution in [0.25, 0.3) is 0 Å². The molecule has 0 spiro atoms. The standard InChI is InChI=1S/C8H5BrClF2NO/c9-2-4-3-13-6(7(10)14)1-5(4)8(11)12/h1,3,8H,2H2. The van der Waals surface area contributed by atoms with Crippen molar-refractivity contribution in [2.24, 2.45) is 0 Å². The predicted molar refractivity (Wildman–Crippen MR) is 52.0 cm³/mol. The Morgan fingerprint density at radius 1 is 1.64 bits per heavy atom. The highest BCUT2D eigenvalue weighted by Gasteiger charge is 2.15. The molecule has 1 heterocycles. The summed E-state index contributed by atoms with van der Waals surface area (Å²) in [6, 6.07) is 1.01. The molecule has 0 bridgehead atoms. The Morgan fingerprint density at radius 3 is 2.71 bits per heavy atom. The first kappa shape index (κ1) is 11.5. The molecule has 0 atom stereocenters. The van der Waals surface area contributed by atoms with E-state index in [1.165, 1.54) is 6.20 Å². The fourth-order valence-corrected chi connectivity index (χ4v) is 1.49. The average molecular weight is 284 g/mol. The molecular weight excluding hydrogens is 279 g/mol. The highest BCUT2D eigenvalue weighted by Crippen LogP contribution is 2.25. The largest absolute Gasteiger partial charge is 0.274 e. The van der Waals surface area contributed by atoms with E-state index in [0.29, 0.717) is 5.56 Å². The van der Waals surface area contributed by atoms with E-state index in [1.807, 2.05) is 0 Å². The molecule has 1 rings (SSSR count). The molecule has 76 valence electrons. The van der Waals surface area contributed by atoms with Gasteiger partial charge in [0.05, 0.1) is 0 Å². The first-order valence-corrected chi connectivity index (χ1v) is 5.09. The van der Waals surface area contributed by atoms with Gasteiger partial charge in [-0.2, -0.15) is 0 Å². The Balaban J connectivity index is 3.20. The molecule has 0 unspecified atom stereocenters. The van der Waals surface area contributed by atoms with E-state index in [9.17, 15) is 13.6 Å². The predicted octanol–water partition coefficient (Wildman–Crippen LogP) is 3.29. The fourth-order valence-electron chi connectivity index (χ4n) is 0.922. The molecule has 0 fully saturated rings. The molecular formula is C8H5BrClF2NO. The zero-order valence-electron chi connectivity index (χ0n) is 6.81. The van der Waals surface area contributed by atoms with Crippen LogP contribution in [0.15, 0.2) is 12.3 Å². The molecule has 6 heteroatoms. The maximum absolute atomic E-state index is 12.5. The van der Waals surface area contributed by atoms with E-state index >= 15 is 0 Å². The van der Waals surface area contributed by atoms with Crippen molar-refractivity contribution in [3.63, 3.8) is 0 Å². The number of carbonyl (C=O) groups is 1. The van der Waals surface area contributed by atoms with Crippen LogP contribution in [0.3, 0.4) is 0 Å². The Bertz CT molecular complexity index is 359. The summed E-state index contributed by atoms with van der Waals surface area (Å²) in [7, 11) is 0. The Labute approximate surface area is 92.4 Å². The summed E-state index contributed by atoms with van der Waals surface area (Å²) < 4.78 is 24.9. The molecule has 14 heavy (non-hydrogen) atoms.